The van der Waals surface area contributed by atoms with Gasteiger partial charge in [-0.05, 0) is 23.8 Å². The summed E-state index contributed by atoms with van der Waals surface area (Å²) in [7, 11) is 0. The van der Waals surface area contributed by atoms with E-state index in [1.165, 1.54) is 23.9 Å². The molecule has 2 aromatic carbocycles. The molecule has 1 amide bonds. The van der Waals surface area contributed by atoms with Crippen LogP contribution in [0.4, 0.5) is 5.69 Å². The maximum absolute atomic E-state index is 11.9. The number of carbonyl (C=O) groups excluding carboxylic acids is 2. The van der Waals surface area contributed by atoms with E-state index < -0.39 is 5.97 Å². The van der Waals surface area contributed by atoms with Crippen LogP contribution in [0.1, 0.15) is 15.9 Å². The molecule has 0 aliphatic rings. The topological polar surface area (TPSA) is 69.2 Å². The zero-order valence-corrected chi connectivity index (χ0v) is 13.1. The number of anilines is 1. The Bertz CT molecular complexity index is 673. The van der Waals surface area contributed by atoms with Gasteiger partial charge in [0.15, 0.2) is 0 Å². The third-order valence-electron chi connectivity index (χ3n) is 2.84. The first-order chi connectivity index (χ1) is 10.6. The fourth-order valence-corrected chi connectivity index (χ4v) is 2.71. The number of carboxylic acid groups (broad SMARTS) is 1. The minimum absolute atomic E-state index is 0.0291. The molecule has 0 bridgehead atoms. The molecule has 0 saturated heterocycles. The Morgan fingerprint density at radius 1 is 1.09 bits per heavy atom. The van der Waals surface area contributed by atoms with Crippen molar-refractivity contribution in [1.82, 2.24) is 0 Å². The normalized spacial score (nSPS) is 10.2. The van der Waals surface area contributed by atoms with Crippen molar-refractivity contribution in [1.29, 1.82) is 0 Å². The van der Waals surface area contributed by atoms with E-state index in [0.29, 0.717) is 10.8 Å². The third-order valence-corrected chi connectivity index (χ3v) is 4.09. The molecule has 1 N–H and O–H groups in total. The molecule has 2 aromatic rings. The first-order valence-corrected chi connectivity index (χ1v) is 8.02. The Labute approximate surface area is 137 Å². The summed E-state index contributed by atoms with van der Waals surface area (Å²) in [6.07, 6.45) is 0. The van der Waals surface area contributed by atoms with Gasteiger partial charge in [-0.2, -0.15) is 0 Å². The standard InChI is InChI=1S/C16H14ClNO3S/c17-12-7-5-11(6-8-12)9-22-10-15(19)18-14-4-2-1-3-13(14)16(20)21/h1-8H,9-10H2,(H,18,19)(H,20,21)/p-1. The van der Waals surface area contributed by atoms with Crippen molar-refractivity contribution in [3.8, 4) is 0 Å². The molecule has 0 unspecified atom stereocenters. The van der Waals surface area contributed by atoms with Crippen LogP contribution in [0.15, 0.2) is 48.5 Å². The van der Waals surface area contributed by atoms with Gasteiger partial charge >= 0.3 is 0 Å². The molecule has 0 heterocycles. The highest BCUT2D eigenvalue weighted by atomic mass is 35.5. The molecule has 0 aromatic heterocycles. The monoisotopic (exact) mass is 334 g/mol. The number of carbonyl (C=O) groups is 2. The van der Waals surface area contributed by atoms with E-state index in [1.807, 2.05) is 12.1 Å². The van der Waals surface area contributed by atoms with E-state index in [-0.39, 0.29) is 22.9 Å². The number of halogens is 1. The van der Waals surface area contributed by atoms with E-state index in [1.54, 1.807) is 24.3 Å². The number of nitrogens with one attached hydrogen (secondary N) is 1. The summed E-state index contributed by atoms with van der Waals surface area (Å²) in [5.74, 6) is -0.672. The van der Waals surface area contributed by atoms with Gasteiger partial charge < -0.3 is 15.2 Å². The Hall–Kier alpha value is -1.98. The fraction of sp³-hybridized carbons (Fsp3) is 0.125. The highest BCUT2D eigenvalue weighted by Gasteiger charge is 2.07. The second kappa shape index (κ2) is 7.87. The Morgan fingerprint density at radius 3 is 2.45 bits per heavy atom. The highest BCUT2D eigenvalue weighted by molar-refractivity contribution is 7.99. The van der Waals surface area contributed by atoms with Gasteiger partial charge in [-0.3, -0.25) is 4.79 Å². The van der Waals surface area contributed by atoms with E-state index in [0.717, 1.165) is 5.56 Å². The summed E-state index contributed by atoms with van der Waals surface area (Å²) in [4.78, 5) is 22.8. The molecule has 0 saturated carbocycles. The van der Waals surface area contributed by atoms with Crippen LogP contribution in [0.2, 0.25) is 5.02 Å². The number of carboxylic acids is 1. The summed E-state index contributed by atoms with van der Waals surface area (Å²) < 4.78 is 0. The lowest BCUT2D eigenvalue weighted by atomic mass is 10.2. The van der Waals surface area contributed by atoms with Gasteiger partial charge in [-0.25, -0.2) is 0 Å². The summed E-state index contributed by atoms with van der Waals surface area (Å²) in [6, 6.07) is 13.6. The number of amides is 1. The van der Waals surface area contributed by atoms with Gasteiger partial charge in [0.1, 0.15) is 0 Å². The van der Waals surface area contributed by atoms with Crippen molar-refractivity contribution in [2.45, 2.75) is 5.75 Å². The van der Waals surface area contributed by atoms with E-state index >= 15 is 0 Å². The summed E-state index contributed by atoms with van der Waals surface area (Å²) in [6.45, 7) is 0. The third kappa shape index (κ3) is 4.79. The molecule has 0 atom stereocenters. The van der Waals surface area contributed by atoms with Crippen LogP contribution in [-0.2, 0) is 10.5 Å². The Morgan fingerprint density at radius 2 is 1.77 bits per heavy atom. The zero-order valence-electron chi connectivity index (χ0n) is 11.5. The fourth-order valence-electron chi connectivity index (χ4n) is 1.80. The van der Waals surface area contributed by atoms with Crippen molar-refractivity contribution in [2.24, 2.45) is 0 Å². The molecule has 0 radical (unpaired) electrons. The van der Waals surface area contributed by atoms with Crippen LogP contribution in [0.5, 0.6) is 0 Å². The van der Waals surface area contributed by atoms with E-state index in [9.17, 15) is 14.7 Å². The first kappa shape index (κ1) is 16.4. The molecule has 4 nitrogen and oxygen atoms in total. The van der Waals surface area contributed by atoms with Crippen LogP contribution in [-0.4, -0.2) is 17.6 Å². The largest absolute Gasteiger partial charge is 0.545 e. The minimum atomic E-state index is -1.32. The van der Waals surface area contributed by atoms with Crippen molar-refractivity contribution < 1.29 is 14.7 Å². The zero-order chi connectivity index (χ0) is 15.9. The van der Waals surface area contributed by atoms with Crippen molar-refractivity contribution in [3.63, 3.8) is 0 Å². The summed E-state index contributed by atoms with van der Waals surface area (Å²) in [5, 5.41) is 14.2. The molecular formula is C16H13ClNO3S-. The van der Waals surface area contributed by atoms with Gasteiger partial charge in [0.25, 0.3) is 0 Å². The Kier molecular flexibility index (Phi) is 5.86. The molecule has 0 aliphatic heterocycles. The second-order valence-electron chi connectivity index (χ2n) is 4.50. The second-order valence-corrected chi connectivity index (χ2v) is 5.92. The molecule has 6 heteroatoms. The first-order valence-electron chi connectivity index (χ1n) is 6.48. The van der Waals surface area contributed by atoms with Crippen LogP contribution in [0.3, 0.4) is 0 Å². The molecular weight excluding hydrogens is 322 g/mol. The maximum Gasteiger partial charge on any atom is 0.234 e. The number of aromatic carboxylic acids is 1. The number of thioether (sulfide) groups is 1. The van der Waals surface area contributed by atoms with Gasteiger partial charge in [-0.15, -0.1) is 11.8 Å². The molecule has 0 spiro atoms. The lowest BCUT2D eigenvalue weighted by Crippen LogP contribution is -2.25. The van der Waals surface area contributed by atoms with Crippen molar-refractivity contribution in [3.05, 3.63) is 64.7 Å². The number of hydrogen-bond acceptors (Lipinski definition) is 4. The number of benzene rings is 2. The number of hydrogen-bond donors (Lipinski definition) is 1. The van der Waals surface area contributed by atoms with E-state index in [4.69, 9.17) is 11.6 Å². The molecule has 2 rings (SSSR count). The molecule has 0 aliphatic carbocycles. The highest BCUT2D eigenvalue weighted by Crippen LogP contribution is 2.17. The van der Waals surface area contributed by atoms with Gasteiger partial charge in [0.05, 0.1) is 11.7 Å². The predicted molar refractivity (Wildman–Crippen MR) is 87.0 cm³/mol. The average Bonchev–Trinajstić information content (AvgIpc) is 2.49. The van der Waals surface area contributed by atoms with Crippen molar-refractivity contribution >= 4 is 40.9 Å². The van der Waals surface area contributed by atoms with Crippen molar-refractivity contribution in [2.75, 3.05) is 11.1 Å². The molecule has 114 valence electrons. The molecule has 22 heavy (non-hydrogen) atoms. The summed E-state index contributed by atoms with van der Waals surface area (Å²) >= 11 is 7.24. The van der Waals surface area contributed by atoms with Crippen LogP contribution in [0, 0.1) is 0 Å². The van der Waals surface area contributed by atoms with E-state index in [2.05, 4.69) is 5.32 Å². The van der Waals surface area contributed by atoms with Gasteiger partial charge in [0.2, 0.25) is 5.91 Å². The minimum Gasteiger partial charge on any atom is -0.545 e. The maximum atomic E-state index is 11.9. The lowest BCUT2D eigenvalue weighted by Gasteiger charge is -2.11. The SMILES string of the molecule is O=C(CSCc1ccc(Cl)cc1)Nc1ccccc1C(=O)[O-]. The smallest absolute Gasteiger partial charge is 0.234 e. The van der Waals surface area contributed by atoms with Gasteiger partial charge in [-0.1, -0.05) is 41.9 Å². The van der Waals surface area contributed by atoms with Crippen LogP contribution >= 0.6 is 23.4 Å². The number of rotatable bonds is 6. The summed E-state index contributed by atoms with van der Waals surface area (Å²) in [5.41, 5.74) is 1.29. The lowest BCUT2D eigenvalue weighted by molar-refractivity contribution is -0.254. The molecule has 0 fully saturated rings. The average molecular weight is 335 g/mol. The van der Waals surface area contributed by atoms with Gasteiger partial charge in [0, 0.05) is 22.0 Å². The van der Waals surface area contributed by atoms with Crippen LogP contribution < -0.4 is 10.4 Å². The number of para-hydroxylation sites is 1. The predicted octanol–water partition coefficient (Wildman–Crippen LogP) is 2.58. The quantitative estimate of drug-likeness (QED) is 0.881. The Balaban J connectivity index is 1.86. The van der Waals surface area contributed by atoms with Crippen LogP contribution in [0.25, 0.3) is 0 Å².